The van der Waals surface area contributed by atoms with Crippen molar-refractivity contribution in [2.75, 3.05) is 13.1 Å². The first kappa shape index (κ1) is 10.4. The van der Waals surface area contributed by atoms with Crippen LogP contribution in [0.2, 0.25) is 0 Å². The molecular weight excluding hydrogens is 144 g/mol. The Kier molecular flexibility index (Phi) is 4.81. The van der Waals surface area contributed by atoms with E-state index in [9.17, 15) is 4.79 Å². The summed E-state index contributed by atoms with van der Waals surface area (Å²) >= 11 is 0. The number of carbonyl (C=O) groups is 1. The van der Waals surface area contributed by atoms with Crippen LogP contribution in [-0.4, -0.2) is 30.2 Å². The Morgan fingerprint density at radius 1 is 1.55 bits per heavy atom. The van der Waals surface area contributed by atoms with Crippen molar-refractivity contribution in [2.24, 2.45) is 11.7 Å². The second-order valence-corrected chi connectivity index (χ2v) is 2.97. The molecule has 0 aromatic heterocycles. The maximum absolute atomic E-state index is 10.3. The molecule has 0 saturated carbocycles. The quantitative estimate of drug-likeness (QED) is 0.487. The lowest BCUT2D eigenvalue weighted by atomic mass is 10.2. The standard InChI is InChI=1S/C7H16N2O2/c1-5(2)3-9-4-6(10)7(8)11/h5-6,9-10H,3-4H2,1-2H3,(H2,8,11). The van der Waals surface area contributed by atoms with Crippen LogP contribution in [0.1, 0.15) is 13.8 Å². The number of amides is 1. The molecule has 0 saturated heterocycles. The van der Waals surface area contributed by atoms with Gasteiger partial charge < -0.3 is 16.2 Å². The molecule has 0 aliphatic rings. The summed E-state index contributed by atoms with van der Waals surface area (Å²) in [7, 11) is 0. The fourth-order valence-electron chi connectivity index (χ4n) is 0.609. The van der Waals surface area contributed by atoms with Gasteiger partial charge in [0, 0.05) is 6.54 Å². The van der Waals surface area contributed by atoms with Crippen molar-refractivity contribution in [1.29, 1.82) is 0 Å². The number of primary amides is 1. The maximum atomic E-state index is 10.3. The van der Waals surface area contributed by atoms with Crippen LogP contribution in [0.5, 0.6) is 0 Å². The molecule has 4 N–H and O–H groups in total. The Bertz CT molecular complexity index is 126. The predicted molar refractivity (Wildman–Crippen MR) is 42.9 cm³/mol. The van der Waals surface area contributed by atoms with Crippen LogP contribution in [0.15, 0.2) is 0 Å². The van der Waals surface area contributed by atoms with E-state index in [1.54, 1.807) is 0 Å². The molecule has 4 heteroatoms. The molecule has 0 aliphatic carbocycles. The van der Waals surface area contributed by atoms with Gasteiger partial charge in [-0.3, -0.25) is 4.79 Å². The van der Waals surface area contributed by atoms with E-state index in [2.05, 4.69) is 5.32 Å². The lowest BCUT2D eigenvalue weighted by Crippen LogP contribution is -2.38. The molecule has 0 fully saturated rings. The zero-order chi connectivity index (χ0) is 8.85. The fraction of sp³-hybridized carbons (Fsp3) is 0.857. The summed E-state index contributed by atoms with van der Waals surface area (Å²) in [4.78, 5) is 10.3. The molecule has 0 spiro atoms. The summed E-state index contributed by atoms with van der Waals surface area (Å²) in [6.07, 6.45) is -1.06. The second kappa shape index (κ2) is 5.09. The number of nitrogens with two attached hydrogens (primary N) is 1. The Morgan fingerprint density at radius 3 is 2.45 bits per heavy atom. The van der Waals surface area contributed by atoms with E-state index in [1.807, 2.05) is 13.8 Å². The monoisotopic (exact) mass is 160 g/mol. The van der Waals surface area contributed by atoms with E-state index in [0.717, 1.165) is 6.54 Å². The molecule has 0 rings (SSSR count). The van der Waals surface area contributed by atoms with Crippen molar-refractivity contribution in [3.63, 3.8) is 0 Å². The average Bonchev–Trinajstić information content (AvgIpc) is 1.86. The van der Waals surface area contributed by atoms with Crippen LogP contribution < -0.4 is 11.1 Å². The number of aliphatic hydroxyl groups is 1. The highest BCUT2D eigenvalue weighted by molar-refractivity contribution is 5.78. The van der Waals surface area contributed by atoms with Crippen LogP contribution in [0.4, 0.5) is 0 Å². The minimum Gasteiger partial charge on any atom is -0.382 e. The van der Waals surface area contributed by atoms with Crippen molar-refractivity contribution in [3.05, 3.63) is 0 Å². The SMILES string of the molecule is CC(C)CNCC(O)C(N)=O. The van der Waals surface area contributed by atoms with Crippen molar-refractivity contribution < 1.29 is 9.90 Å². The smallest absolute Gasteiger partial charge is 0.247 e. The third-order valence-corrected chi connectivity index (χ3v) is 1.22. The van der Waals surface area contributed by atoms with Gasteiger partial charge in [0.1, 0.15) is 6.10 Å². The molecule has 0 heterocycles. The minimum absolute atomic E-state index is 0.244. The Balaban J connectivity index is 3.31. The van der Waals surface area contributed by atoms with Gasteiger partial charge in [0.25, 0.3) is 0 Å². The fourth-order valence-corrected chi connectivity index (χ4v) is 0.609. The topological polar surface area (TPSA) is 75.3 Å². The average molecular weight is 160 g/mol. The third kappa shape index (κ3) is 5.82. The first-order valence-corrected chi connectivity index (χ1v) is 3.72. The number of nitrogens with one attached hydrogen (secondary N) is 1. The van der Waals surface area contributed by atoms with Crippen molar-refractivity contribution in [2.45, 2.75) is 20.0 Å². The largest absolute Gasteiger partial charge is 0.382 e. The van der Waals surface area contributed by atoms with Crippen molar-refractivity contribution >= 4 is 5.91 Å². The summed E-state index contributed by atoms with van der Waals surface area (Å²) in [6, 6.07) is 0. The molecule has 0 radical (unpaired) electrons. The Hall–Kier alpha value is -0.610. The molecule has 0 bridgehead atoms. The van der Waals surface area contributed by atoms with Crippen LogP contribution >= 0.6 is 0 Å². The number of hydrogen-bond acceptors (Lipinski definition) is 3. The van der Waals surface area contributed by atoms with Gasteiger partial charge in [-0.1, -0.05) is 13.8 Å². The Morgan fingerprint density at radius 2 is 2.09 bits per heavy atom. The number of rotatable bonds is 5. The molecule has 66 valence electrons. The summed E-state index contributed by atoms with van der Waals surface area (Å²) < 4.78 is 0. The lowest BCUT2D eigenvalue weighted by molar-refractivity contribution is -0.125. The van der Waals surface area contributed by atoms with Gasteiger partial charge >= 0.3 is 0 Å². The van der Waals surface area contributed by atoms with E-state index in [0.29, 0.717) is 5.92 Å². The number of aliphatic hydroxyl groups excluding tert-OH is 1. The van der Waals surface area contributed by atoms with Gasteiger partial charge in [0.2, 0.25) is 5.91 Å². The lowest BCUT2D eigenvalue weighted by Gasteiger charge is -2.09. The van der Waals surface area contributed by atoms with E-state index < -0.39 is 12.0 Å². The third-order valence-electron chi connectivity index (χ3n) is 1.22. The highest BCUT2D eigenvalue weighted by atomic mass is 16.3. The molecule has 1 amide bonds. The second-order valence-electron chi connectivity index (χ2n) is 2.97. The molecule has 11 heavy (non-hydrogen) atoms. The summed E-state index contributed by atoms with van der Waals surface area (Å²) in [5.74, 6) is -0.170. The van der Waals surface area contributed by atoms with Crippen LogP contribution in [0.25, 0.3) is 0 Å². The van der Waals surface area contributed by atoms with Gasteiger partial charge in [-0.25, -0.2) is 0 Å². The van der Waals surface area contributed by atoms with E-state index >= 15 is 0 Å². The molecule has 1 atom stereocenters. The highest BCUT2D eigenvalue weighted by Crippen LogP contribution is 1.87. The van der Waals surface area contributed by atoms with Crippen LogP contribution in [0.3, 0.4) is 0 Å². The predicted octanol–water partition coefficient (Wildman–Crippen LogP) is -0.922. The van der Waals surface area contributed by atoms with Crippen molar-refractivity contribution in [1.82, 2.24) is 5.32 Å². The van der Waals surface area contributed by atoms with Gasteiger partial charge in [-0.05, 0) is 12.5 Å². The Labute approximate surface area is 66.8 Å². The van der Waals surface area contributed by atoms with Gasteiger partial charge in [-0.2, -0.15) is 0 Å². The molecule has 0 aromatic rings. The summed E-state index contributed by atoms with van der Waals surface area (Å²) in [5.41, 5.74) is 4.82. The van der Waals surface area contributed by atoms with Crippen LogP contribution in [-0.2, 0) is 4.79 Å². The van der Waals surface area contributed by atoms with Gasteiger partial charge in [0.05, 0.1) is 0 Å². The van der Waals surface area contributed by atoms with E-state index in [-0.39, 0.29) is 6.54 Å². The maximum Gasteiger partial charge on any atom is 0.247 e. The van der Waals surface area contributed by atoms with E-state index in [4.69, 9.17) is 10.8 Å². The highest BCUT2D eigenvalue weighted by Gasteiger charge is 2.09. The molecule has 4 nitrogen and oxygen atoms in total. The van der Waals surface area contributed by atoms with Gasteiger partial charge in [0.15, 0.2) is 0 Å². The van der Waals surface area contributed by atoms with Gasteiger partial charge in [-0.15, -0.1) is 0 Å². The molecule has 1 unspecified atom stereocenters. The molecular formula is C7H16N2O2. The first-order chi connectivity index (χ1) is 5.04. The first-order valence-electron chi connectivity index (χ1n) is 3.72. The summed E-state index contributed by atoms with van der Waals surface area (Å²) in [5, 5.41) is 11.8. The number of hydrogen-bond donors (Lipinski definition) is 3. The zero-order valence-electron chi connectivity index (χ0n) is 7.00. The summed E-state index contributed by atoms with van der Waals surface area (Å²) in [6.45, 7) is 5.12. The van der Waals surface area contributed by atoms with Crippen molar-refractivity contribution in [3.8, 4) is 0 Å². The molecule has 0 aromatic carbocycles. The minimum atomic E-state index is -1.06. The van der Waals surface area contributed by atoms with E-state index in [1.165, 1.54) is 0 Å². The normalized spacial score (nSPS) is 13.5. The van der Waals surface area contributed by atoms with Crippen LogP contribution in [0, 0.1) is 5.92 Å². The molecule has 0 aliphatic heterocycles. The number of carbonyl (C=O) groups excluding carboxylic acids is 1. The zero-order valence-corrected chi connectivity index (χ0v) is 7.00.